The van der Waals surface area contributed by atoms with Gasteiger partial charge in [-0.25, -0.2) is 13.1 Å². The fraction of sp³-hybridized carbons (Fsp3) is 0.278. The first kappa shape index (κ1) is 20.6. The Morgan fingerprint density at radius 1 is 1.14 bits per heavy atom. The molecule has 0 radical (unpaired) electrons. The van der Waals surface area contributed by atoms with Gasteiger partial charge in [0.1, 0.15) is 0 Å². The van der Waals surface area contributed by atoms with E-state index >= 15 is 0 Å². The van der Waals surface area contributed by atoms with Gasteiger partial charge in [-0.1, -0.05) is 29.5 Å². The lowest BCUT2D eigenvalue weighted by Gasteiger charge is -2.11. The van der Waals surface area contributed by atoms with Gasteiger partial charge in [-0.15, -0.1) is 0 Å². The summed E-state index contributed by atoms with van der Waals surface area (Å²) in [6.07, 6.45) is -4.50. The molecule has 0 aliphatic carbocycles. The first-order valence-corrected chi connectivity index (χ1v) is 10.6. The number of rotatable bonds is 5. The Kier molecular flexibility index (Phi) is 5.39. The normalized spacial score (nSPS) is 12.8. The minimum atomic E-state index is -4.50. The van der Waals surface area contributed by atoms with Gasteiger partial charge < -0.3 is 0 Å². The van der Waals surface area contributed by atoms with Crippen LogP contribution in [0, 0.1) is 0 Å². The van der Waals surface area contributed by atoms with E-state index in [9.17, 15) is 26.4 Å². The maximum atomic E-state index is 12.8. The van der Waals surface area contributed by atoms with E-state index in [0.717, 1.165) is 23.5 Å². The summed E-state index contributed by atoms with van der Waals surface area (Å²) in [6.45, 7) is 3.43. The molecule has 3 rings (SSSR count). The molecule has 28 heavy (non-hydrogen) atoms. The first-order valence-electron chi connectivity index (χ1n) is 8.30. The minimum Gasteiger partial charge on any atom is -0.296 e. The number of nitrogens with one attached hydrogen (secondary N) is 1. The van der Waals surface area contributed by atoms with Crippen molar-refractivity contribution in [3.05, 3.63) is 63.3 Å². The summed E-state index contributed by atoms with van der Waals surface area (Å²) in [4.78, 5) is 11.9. The van der Waals surface area contributed by atoms with Gasteiger partial charge in [-0.2, -0.15) is 13.2 Å². The van der Waals surface area contributed by atoms with Crippen LogP contribution in [0.3, 0.4) is 0 Å². The lowest BCUT2D eigenvalue weighted by atomic mass is 10.1. The number of thiazole rings is 1. The molecule has 0 amide bonds. The monoisotopic (exact) mass is 430 g/mol. The van der Waals surface area contributed by atoms with E-state index in [-0.39, 0.29) is 27.9 Å². The van der Waals surface area contributed by atoms with Crippen LogP contribution >= 0.6 is 11.3 Å². The van der Waals surface area contributed by atoms with Crippen molar-refractivity contribution in [1.82, 2.24) is 9.29 Å². The zero-order valence-electron chi connectivity index (χ0n) is 14.9. The van der Waals surface area contributed by atoms with Gasteiger partial charge >= 0.3 is 11.0 Å². The lowest BCUT2D eigenvalue weighted by molar-refractivity contribution is -0.137. The second-order valence-corrected chi connectivity index (χ2v) is 9.24. The molecule has 1 aromatic heterocycles. The summed E-state index contributed by atoms with van der Waals surface area (Å²) >= 11 is 0.947. The highest BCUT2D eigenvalue weighted by atomic mass is 32.2. The molecule has 0 saturated carbocycles. The maximum Gasteiger partial charge on any atom is 0.416 e. The number of nitrogens with zero attached hydrogens (tertiary/aromatic N) is 1. The molecule has 5 nitrogen and oxygen atoms in total. The average molecular weight is 430 g/mol. The summed E-state index contributed by atoms with van der Waals surface area (Å²) in [5, 5.41) is 0. The first-order chi connectivity index (χ1) is 13.0. The van der Waals surface area contributed by atoms with Crippen LogP contribution in [0.15, 0.2) is 52.2 Å². The Bertz CT molecular complexity index is 1180. The topological polar surface area (TPSA) is 68.2 Å². The van der Waals surface area contributed by atoms with Crippen LogP contribution in [0.2, 0.25) is 0 Å². The highest BCUT2D eigenvalue weighted by Crippen LogP contribution is 2.29. The third-order valence-electron chi connectivity index (χ3n) is 4.13. The highest BCUT2D eigenvalue weighted by molar-refractivity contribution is 7.89. The summed E-state index contributed by atoms with van der Waals surface area (Å²) in [5.74, 6) is 0. The van der Waals surface area contributed by atoms with Gasteiger partial charge in [0.2, 0.25) is 10.0 Å². The standard InChI is InChI=1S/C18H17F3N2O3S2/c1-11(2)23-15-7-6-14(9-16(15)27-17(23)24)28(25,26)22-10-12-4-3-5-13(8-12)18(19,20)21/h3-9,11,22H,10H2,1-2H3. The zero-order valence-corrected chi connectivity index (χ0v) is 16.6. The molecule has 1 N–H and O–H groups in total. The molecule has 150 valence electrons. The Labute approximate surface area is 163 Å². The molecule has 0 aliphatic rings. The van der Waals surface area contributed by atoms with E-state index in [1.165, 1.54) is 24.3 Å². The summed E-state index contributed by atoms with van der Waals surface area (Å²) < 4.78 is 67.8. The van der Waals surface area contributed by atoms with Crippen molar-refractivity contribution in [2.24, 2.45) is 0 Å². The Morgan fingerprint density at radius 3 is 2.50 bits per heavy atom. The number of hydrogen-bond acceptors (Lipinski definition) is 4. The number of aromatic nitrogens is 1. The summed E-state index contributed by atoms with van der Waals surface area (Å²) in [6, 6.07) is 8.73. The number of alkyl halides is 3. The van der Waals surface area contributed by atoms with Crippen LogP contribution in [-0.2, 0) is 22.7 Å². The summed E-state index contributed by atoms with van der Waals surface area (Å²) in [5.41, 5.74) is -0.0117. The molecule has 1 heterocycles. The molecule has 0 unspecified atom stereocenters. The Morgan fingerprint density at radius 2 is 1.86 bits per heavy atom. The van der Waals surface area contributed by atoms with Gasteiger partial charge in [-0.05, 0) is 43.7 Å². The molecule has 0 fully saturated rings. The second kappa shape index (κ2) is 7.34. The number of hydrogen-bond donors (Lipinski definition) is 1. The van der Waals surface area contributed by atoms with Crippen molar-refractivity contribution in [3.63, 3.8) is 0 Å². The maximum absolute atomic E-state index is 12.8. The largest absolute Gasteiger partial charge is 0.416 e. The van der Waals surface area contributed by atoms with Crippen LogP contribution in [0.4, 0.5) is 13.2 Å². The number of sulfonamides is 1. The van der Waals surface area contributed by atoms with E-state index in [0.29, 0.717) is 10.2 Å². The highest BCUT2D eigenvalue weighted by Gasteiger charge is 2.30. The van der Waals surface area contributed by atoms with Crippen molar-refractivity contribution in [2.45, 2.75) is 37.5 Å². The fourth-order valence-corrected chi connectivity index (χ4v) is 4.96. The van der Waals surface area contributed by atoms with E-state index < -0.39 is 21.8 Å². The molecular formula is C18H17F3N2O3S2. The molecule has 0 bridgehead atoms. The van der Waals surface area contributed by atoms with Crippen molar-refractivity contribution in [1.29, 1.82) is 0 Å². The average Bonchev–Trinajstić information content (AvgIpc) is 2.94. The SMILES string of the molecule is CC(C)n1c(=O)sc2cc(S(=O)(=O)NCc3cccc(C(F)(F)F)c3)ccc21. The molecule has 0 aliphatic heterocycles. The van der Waals surface area contributed by atoms with Crippen LogP contribution < -0.4 is 9.60 Å². The molecule has 10 heteroatoms. The Balaban J connectivity index is 1.86. The molecular weight excluding hydrogens is 413 g/mol. The van der Waals surface area contributed by atoms with E-state index in [2.05, 4.69) is 4.72 Å². The molecule has 0 saturated heterocycles. The van der Waals surface area contributed by atoms with Crippen LogP contribution in [-0.4, -0.2) is 13.0 Å². The van der Waals surface area contributed by atoms with Crippen molar-refractivity contribution < 1.29 is 21.6 Å². The van der Waals surface area contributed by atoms with Crippen molar-refractivity contribution in [2.75, 3.05) is 0 Å². The van der Waals surface area contributed by atoms with Gasteiger partial charge in [0, 0.05) is 12.6 Å². The van der Waals surface area contributed by atoms with Crippen LogP contribution in [0.5, 0.6) is 0 Å². The van der Waals surface area contributed by atoms with E-state index in [4.69, 9.17) is 0 Å². The zero-order chi connectivity index (χ0) is 20.7. The van der Waals surface area contributed by atoms with Crippen LogP contribution in [0.25, 0.3) is 10.2 Å². The molecule has 0 atom stereocenters. The van der Waals surface area contributed by atoms with Crippen LogP contribution in [0.1, 0.15) is 31.0 Å². The predicted octanol–water partition coefficient (Wildman–Crippen LogP) is 4.14. The van der Waals surface area contributed by atoms with Crippen molar-refractivity contribution in [3.8, 4) is 0 Å². The third-order valence-corrected chi connectivity index (χ3v) is 6.45. The van der Waals surface area contributed by atoms with E-state index in [1.54, 1.807) is 10.6 Å². The van der Waals surface area contributed by atoms with Gasteiger partial charge in [0.05, 0.1) is 20.7 Å². The summed E-state index contributed by atoms with van der Waals surface area (Å²) in [7, 11) is -3.96. The smallest absolute Gasteiger partial charge is 0.296 e. The number of benzene rings is 2. The quantitative estimate of drug-likeness (QED) is 0.662. The van der Waals surface area contributed by atoms with Crippen molar-refractivity contribution >= 4 is 31.6 Å². The fourth-order valence-electron chi connectivity index (χ4n) is 2.79. The van der Waals surface area contributed by atoms with Gasteiger partial charge in [0.25, 0.3) is 0 Å². The van der Waals surface area contributed by atoms with Gasteiger partial charge in [-0.3, -0.25) is 9.36 Å². The Hall–Kier alpha value is -2.17. The molecule has 0 spiro atoms. The predicted molar refractivity (Wildman–Crippen MR) is 102 cm³/mol. The molecule has 3 aromatic rings. The van der Waals surface area contributed by atoms with E-state index in [1.807, 2.05) is 13.8 Å². The number of fused-ring (bicyclic) bond motifs is 1. The minimum absolute atomic E-state index is 0.0517. The lowest BCUT2D eigenvalue weighted by Crippen LogP contribution is -2.23. The second-order valence-electron chi connectivity index (χ2n) is 6.48. The molecule has 2 aromatic carbocycles. The number of halogens is 3. The third kappa shape index (κ3) is 4.13. The van der Waals surface area contributed by atoms with Gasteiger partial charge in [0.15, 0.2) is 0 Å².